The molecule has 2 aliphatic rings. The number of halogens is 4. The van der Waals surface area contributed by atoms with E-state index in [2.05, 4.69) is 4.74 Å². The van der Waals surface area contributed by atoms with Gasteiger partial charge in [0.25, 0.3) is 0 Å². The van der Waals surface area contributed by atoms with E-state index in [1.807, 2.05) is 0 Å². The molecule has 4 nitrogen and oxygen atoms in total. The van der Waals surface area contributed by atoms with E-state index < -0.39 is 24.5 Å². The lowest BCUT2D eigenvalue weighted by atomic mass is 10.1. The molecule has 1 aromatic carbocycles. The first-order chi connectivity index (χ1) is 10.8. The molecule has 0 unspecified atom stereocenters. The summed E-state index contributed by atoms with van der Waals surface area (Å²) in [7, 11) is 0. The second-order valence-electron chi connectivity index (χ2n) is 5.44. The van der Waals surface area contributed by atoms with Crippen LogP contribution in [0.15, 0.2) is 30.2 Å². The van der Waals surface area contributed by atoms with Crippen LogP contribution in [0.4, 0.5) is 23.2 Å². The van der Waals surface area contributed by atoms with E-state index in [-0.39, 0.29) is 11.6 Å². The van der Waals surface area contributed by atoms with Gasteiger partial charge >= 0.3 is 6.18 Å². The monoisotopic (exact) mass is 330 g/mol. The molecule has 2 heterocycles. The fourth-order valence-electron chi connectivity index (χ4n) is 2.62. The lowest BCUT2D eigenvalue weighted by Crippen LogP contribution is -2.24. The van der Waals surface area contributed by atoms with Crippen LogP contribution in [0.1, 0.15) is 18.4 Å². The van der Waals surface area contributed by atoms with Crippen molar-refractivity contribution in [2.24, 2.45) is 0 Å². The van der Waals surface area contributed by atoms with Gasteiger partial charge in [0.05, 0.1) is 11.9 Å². The van der Waals surface area contributed by atoms with Gasteiger partial charge in [0.1, 0.15) is 5.82 Å². The van der Waals surface area contributed by atoms with Crippen LogP contribution in [0, 0.1) is 5.82 Å². The summed E-state index contributed by atoms with van der Waals surface area (Å²) in [4.78, 5) is 14.3. The number of hydrogen-bond donors (Lipinski definition) is 0. The quantitative estimate of drug-likeness (QED) is 0.798. The largest absolute Gasteiger partial charge is 0.466 e. The first-order valence-corrected chi connectivity index (χ1v) is 7.09. The van der Waals surface area contributed by atoms with Crippen molar-refractivity contribution in [3.05, 3.63) is 41.5 Å². The molecule has 1 aromatic rings. The van der Waals surface area contributed by atoms with Gasteiger partial charge in [0.15, 0.2) is 6.73 Å². The Kier molecular flexibility index (Phi) is 3.91. The fraction of sp³-hybridized carbons (Fsp3) is 0.400. The van der Waals surface area contributed by atoms with Crippen molar-refractivity contribution in [2.45, 2.75) is 25.6 Å². The van der Waals surface area contributed by atoms with Gasteiger partial charge in [-0.1, -0.05) is 6.07 Å². The van der Waals surface area contributed by atoms with Crippen molar-refractivity contribution >= 4 is 11.6 Å². The fourth-order valence-corrected chi connectivity index (χ4v) is 2.62. The summed E-state index contributed by atoms with van der Waals surface area (Å²) in [5, 5.41) is 0. The molecule has 0 saturated carbocycles. The highest BCUT2D eigenvalue weighted by Gasteiger charge is 2.39. The maximum atomic E-state index is 14.2. The molecule has 0 aliphatic carbocycles. The highest BCUT2D eigenvalue weighted by Crippen LogP contribution is 2.33. The molecule has 3 rings (SSSR count). The number of amides is 1. The van der Waals surface area contributed by atoms with Gasteiger partial charge in [-0.3, -0.25) is 4.79 Å². The Morgan fingerprint density at radius 3 is 2.61 bits per heavy atom. The van der Waals surface area contributed by atoms with Gasteiger partial charge < -0.3 is 14.5 Å². The summed E-state index contributed by atoms with van der Waals surface area (Å²) in [6.07, 6.45) is -2.57. The van der Waals surface area contributed by atoms with Crippen LogP contribution in [0.5, 0.6) is 0 Å². The molecule has 0 spiro atoms. The van der Waals surface area contributed by atoms with E-state index in [0.29, 0.717) is 25.1 Å². The maximum Gasteiger partial charge on any atom is 0.450 e. The summed E-state index contributed by atoms with van der Waals surface area (Å²) >= 11 is 0. The van der Waals surface area contributed by atoms with Gasteiger partial charge in [-0.25, -0.2) is 4.39 Å². The predicted octanol–water partition coefficient (Wildman–Crippen LogP) is 3.15. The average molecular weight is 330 g/mol. The number of benzene rings is 1. The first-order valence-electron chi connectivity index (χ1n) is 7.09. The van der Waals surface area contributed by atoms with Crippen LogP contribution in [-0.4, -0.2) is 30.3 Å². The third-order valence-electron chi connectivity index (χ3n) is 3.78. The zero-order chi connectivity index (χ0) is 16.6. The van der Waals surface area contributed by atoms with Crippen LogP contribution >= 0.6 is 0 Å². The van der Waals surface area contributed by atoms with Crippen LogP contribution in [0.25, 0.3) is 0 Å². The number of carbonyl (C=O) groups excluding carboxylic acids is 1. The van der Waals surface area contributed by atoms with E-state index in [0.717, 1.165) is 17.5 Å². The Morgan fingerprint density at radius 2 is 2.04 bits per heavy atom. The van der Waals surface area contributed by atoms with Crippen molar-refractivity contribution in [2.75, 3.05) is 18.2 Å². The second kappa shape index (κ2) is 5.75. The van der Waals surface area contributed by atoms with E-state index in [1.54, 1.807) is 11.0 Å². The second-order valence-corrected chi connectivity index (χ2v) is 5.44. The van der Waals surface area contributed by atoms with Gasteiger partial charge in [-0.15, -0.1) is 0 Å². The number of allylic oxidation sites excluding steroid dienone is 1. The van der Waals surface area contributed by atoms with Crippen molar-refractivity contribution in [1.82, 2.24) is 4.90 Å². The molecule has 0 bridgehead atoms. The van der Waals surface area contributed by atoms with Crippen LogP contribution in [0.3, 0.4) is 0 Å². The SMILES string of the molecule is O=C1CCCN1Cc1ccc(N2C=C(C(F)(F)F)OC2)c(F)c1. The number of alkyl halides is 3. The molecule has 0 atom stereocenters. The lowest BCUT2D eigenvalue weighted by Gasteiger charge is -2.18. The molecule has 0 aromatic heterocycles. The molecule has 1 amide bonds. The molecular weight excluding hydrogens is 316 g/mol. The zero-order valence-electron chi connectivity index (χ0n) is 12.1. The third kappa shape index (κ3) is 3.25. The van der Waals surface area contributed by atoms with Crippen LogP contribution in [0.2, 0.25) is 0 Å². The molecule has 8 heteroatoms. The average Bonchev–Trinajstić information content (AvgIpc) is 3.09. The molecule has 23 heavy (non-hydrogen) atoms. The van der Waals surface area contributed by atoms with E-state index in [4.69, 9.17) is 0 Å². The summed E-state index contributed by atoms with van der Waals surface area (Å²) in [5.74, 6) is -1.78. The number of likely N-dealkylation sites (tertiary alicyclic amines) is 1. The zero-order valence-corrected chi connectivity index (χ0v) is 12.1. The molecule has 124 valence electrons. The Balaban J connectivity index is 1.75. The normalized spacial score (nSPS) is 18.4. The van der Waals surface area contributed by atoms with Crippen molar-refractivity contribution in [3.63, 3.8) is 0 Å². The van der Waals surface area contributed by atoms with E-state index in [9.17, 15) is 22.4 Å². The number of hydrogen-bond acceptors (Lipinski definition) is 3. The molecule has 2 aliphatic heterocycles. The van der Waals surface area contributed by atoms with Gasteiger partial charge in [-0.05, 0) is 24.1 Å². The smallest absolute Gasteiger partial charge is 0.450 e. The molecule has 1 saturated heterocycles. The summed E-state index contributed by atoms with van der Waals surface area (Å²) < 4.78 is 56.3. The third-order valence-corrected chi connectivity index (χ3v) is 3.78. The van der Waals surface area contributed by atoms with Crippen LogP contribution < -0.4 is 4.90 Å². The number of ether oxygens (including phenoxy) is 1. The highest BCUT2D eigenvalue weighted by atomic mass is 19.4. The van der Waals surface area contributed by atoms with Gasteiger partial charge in [0, 0.05) is 19.5 Å². The van der Waals surface area contributed by atoms with E-state index in [1.165, 1.54) is 12.1 Å². The Labute approximate surface area is 129 Å². The standard InChI is InChI=1S/C15H14F4N2O2/c16-11-6-10(7-20-5-1-2-14(20)22)3-4-12(11)21-8-13(23-9-21)15(17,18)19/h3-4,6,8H,1-2,5,7,9H2. The highest BCUT2D eigenvalue weighted by molar-refractivity contribution is 5.78. The predicted molar refractivity (Wildman–Crippen MR) is 73.6 cm³/mol. The van der Waals surface area contributed by atoms with Gasteiger partial charge in [-0.2, -0.15) is 13.2 Å². The minimum atomic E-state index is -4.60. The van der Waals surface area contributed by atoms with E-state index >= 15 is 0 Å². The van der Waals surface area contributed by atoms with Crippen LogP contribution in [-0.2, 0) is 16.1 Å². The lowest BCUT2D eigenvalue weighted by molar-refractivity contribution is -0.128. The molecule has 0 radical (unpaired) electrons. The summed E-state index contributed by atoms with van der Waals surface area (Å²) in [6.45, 7) is 0.547. The Hall–Kier alpha value is -2.25. The van der Waals surface area contributed by atoms with Gasteiger partial charge in [0.2, 0.25) is 11.7 Å². The summed E-state index contributed by atoms with van der Waals surface area (Å²) in [5.41, 5.74) is 0.599. The van der Waals surface area contributed by atoms with Crippen molar-refractivity contribution in [1.29, 1.82) is 0 Å². The van der Waals surface area contributed by atoms with Crippen molar-refractivity contribution in [3.8, 4) is 0 Å². The number of anilines is 1. The number of nitrogens with zero attached hydrogens (tertiary/aromatic N) is 2. The number of rotatable bonds is 3. The minimum absolute atomic E-state index is 0.000693. The van der Waals surface area contributed by atoms with Crippen molar-refractivity contribution < 1.29 is 27.1 Å². The summed E-state index contributed by atoms with van der Waals surface area (Å²) in [6, 6.07) is 4.23. The molecule has 0 N–H and O–H groups in total. The maximum absolute atomic E-state index is 14.2. The molecular formula is C15H14F4N2O2. The first kappa shape index (κ1) is 15.6. The Bertz CT molecular complexity index is 657. The Morgan fingerprint density at radius 1 is 1.26 bits per heavy atom. The minimum Gasteiger partial charge on any atom is -0.466 e. The number of carbonyl (C=O) groups is 1. The topological polar surface area (TPSA) is 32.8 Å². The molecule has 1 fully saturated rings.